The van der Waals surface area contributed by atoms with Gasteiger partial charge >= 0.3 is 0 Å². The van der Waals surface area contributed by atoms with E-state index >= 15 is 0 Å². The molecule has 2 aromatic heterocycles. The molecule has 4 aromatic carbocycles. The van der Waals surface area contributed by atoms with Crippen molar-refractivity contribution in [3.8, 4) is 33.6 Å². The van der Waals surface area contributed by atoms with E-state index in [-0.39, 0.29) is 36.4 Å². The Morgan fingerprint density at radius 3 is 2.04 bits per heavy atom. The Kier molecular flexibility index (Phi) is 8.49. The van der Waals surface area contributed by atoms with Crippen LogP contribution in [0.15, 0.2) is 109 Å². The quantitative estimate of drug-likeness (QED) is 0.167. The Labute approximate surface area is 291 Å². The second-order valence-electron chi connectivity index (χ2n) is 13.8. The van der Waals surface area contributed by atoms with E-state index in [2.05, 4.69) is 107 Å². The molecule has 235 valence electrons. The number of hydrogen-bond donors (Lipinski definition) is 0. The summed E-state index contributed by atoms with van der Waals surface area (Å²) in [7, 11) is 0. The Morgan fingerprint density at radius 2 is 1.37 bits per heavy atom. The molecule has 0 atom stereocenters. The van der Waals surface area contributed by atoms with Crippen molar-refractivity contribution >= 4 is 10.8 Å². The van der Waals surface area contributed by atoms with Gasteiger partial charge in [-0.1, -0.05) is 110 Å². The van der Waals surface area contributed by atoms with Crippen LogP contribution in [0.5, 0.6) is 0 Å². The van der Waals surface area contributed by atoms with Crippen LogP contribution in [0.1, 0.15) is 66.5 Å². The van der Waals surface area contributed by atoms with Crippen LogP contribution >= 0.6 is 0 Å². The molecule has 3 heteroatoms. The van der Waals surface area contributed by atoms with Crippen molar-refractivity contribution < 1.29 is 22.8 Å². The standard InChI is InChI=1S/C26H30N.C17H12N.Ir/c1-16-11-17(2)13-19(12-16)23-20-15-22-21(14-18(20)9-10-27-23)24(3,4)26(7,8)25(22,5)6;1-2-7-14(8-3-1)15-9-6-10-16(13-15)17-11-4-5-12-18-17;/h9-12,14-15H,1-8H3;1-9,11-13H;/q2*-1;/i14D,15D;;. The third kappa shape index (κ3) is 5.88. The van der Waals surface area contributed by atoms with Crippen molar-refractivity contribution in [3.05, 3.63) is 144 Å². The van der Waals surface area contributed by atoms with E-state index in [1.807, 2.05) is 55.5 Å². The number of hydrogen-bond acceptors (Lipinski definition) is 2. The molecule has 2 heterocycles. The van der Waals surface area contributed by atoms with E-state index in [0.717, 1.165) is 55.5 Å². The van der Waals surface area contributed by atoms with Gasteiger partial charge in [0.05, 0.1) is 2.74 Å². The molecule has 6 aromatic rings. The van der Waals surface area contributed by atoms with Crippen LogP contribution in [-0.4, -0.2) is 9.97 Å². The van der Waals surface area contributed by atoms with Gasteiger partial charge in [0.1, 0.15) is 0 Å². The number of nitrogens with zero attached hydrogens (tertiary/aromatic N) is 2. The zero-order valence-corrected chi connectivity index (χ0v) is 30.4. The average Bonchev–Trinajstić information content (AvgIpc) is 3.17. The van der Waals surface area contributed by atoms with Gasteiger partial charge in [0.15, 0.2) is 0 Å². The first-order valence-corrected chi connectivity index (χ1v) is 15.7. The van der Waals surface area contributed by atoms with Crippen LogP contribution in [0.4, 0.5) is 0 Å². The van der Waals surface area contributed by atoms with Crippen LogP contribution in [0, 0.1) is 31.4 Å². The van der Waals surface area contributed by atoms with Crippen molar-refractivity contribution in [1.29, 1.82) is 0 Å². The molecule has 0 bridgehead atoms. The summed E-state index contributed by atoms with van der Waals surface area (Å²) >= 11 is 0. The van der Waals surface area contributed by atoms with E-state index in [1.54, 1.807) is 12.4 Å². The summed E-state index contributed by atoms with van der Waals surface area (Å²) in [6.45, 7) is 17.5. The normalized spacial score (nSPS) is 15.9. The molecule has 2 nitrogen and oxygen atoms in total. The fourth-order valence-electron chi connectivity index (χ4n) is 6.59. The fraction of sp³-hybridized carbons (Fsp3) is 0.256. The van der Waals surface area contributed by atoms with Crippen LogP contribution in [0.25, 0.3) is 44.4 Å². The van der Waals surface area contributed by atoms with Gasteiger partial charge in [-0.25, -0.2) is 0 Å². The number of aromatic nitrogens is 2. The molecule has 0 spiro atoms. The maximum atomic E-state index is 9.29. The van der Waals surface area contributed by atoms with E-state index in [1.165, 1.54) is 11.1 Å². The minimum Gasteiger partial charge on any atom is -0.305 e. The molecule has 0 saturated carbocycles. The topological polar surface area (TPSA) is 25.8 Å². The third-order valence-corrected chi connectivity index (χ3v) is 10.3. The summed E-state index contributed by atoms with van der Waals surface area (Å²) in [5.74, 6) is 0. The maximum absolute atomic E-state index is 9.29. The molecule has 1 radical (unpaired) electrons. The molecule has 1 aliphatic carbocycles. The molecule has 0 amide bonds. The summed E-state index contributed by atoms with van der Waals surface area (Å²) in [4.78, 5) is 9.03. The van der Waals surface area contributed by atoms with Gasteiger partial charge in [-0.05, 0) is 67.2 Å². The van der Waals surface area contributed by atoms with Crippen molar-refractivity contribution in [3.63, 3.8) is 0 Å². The minimum absolute atomic E-state index is 0. The zero-order valence-electron chi connectivity index (χ0n) is 30.0. The molecule has 0 N–H and O–H groups in total. The third-order valence-electron chi connectivity index (χ3n) is 10.3. The first-order chi connectivity index (χ1) is 22.3. The molecule has 0 aliphatic heterocycles. The summed E-state index contributed by atoms with van der Waals surface area (Å²) in [6.07, 6.45) is 3.57. The van der Waals surface area contributed by atoms with Gasteiger partial charge in [0.25, 0.3) is 0 Å². The zero-order chi connectivity index (χ0) is 33.7. The molecule has 46 heavy (non-hydrogen) atoms. The van der Waals surface area contributed by atoms with Gasteiger partial charge < -0.3 is 9.97 Å². The predicted molar refractivity (Wildman–Crippen MR) is 189 cm³/mol. The van der Waals surface area contributed by atoms with Crippen molar-refractivity contribution in [2.24, 2.45) is 5.41 Å². The number of fused-ring (bicyclic) bond motifs is 2. The number of rotatable bonds is 3. The summed E-state index contributed by atoms with van der Waals surface area (Å²) in [6, 6.07) is 36.2. The average molecular weight is 781 g/mol. The Bertz CT molecular complexity index is 2030. The van der Waals surface area contributed by atoms with E-state index in [4.69, 9.17) is 1.37 Å². The largest absolute Gasteiger partial charge is 0.305 e. The Balaban J connectivity index is 0.000000204. The van der Waals surface area contributed by atoms with Gasteiger partial charge in [-0.15, -0.1) is 70.3 Å². The van der Waals surface area contributed by atoms with Crippen LogP contribution in [-0.2, 0) is 30.9 Å². The van der Waals surface area contributed by atoms with Crippen LogP contribution in [0.2, 0.25) is 0 Å². The fourth-order valence-corrected chi connectivity index (χ4v) is 6.59. The van der Waals surface area contributed by atoms with Gasteiger partial charge in [-0.3, -0.25) is 0 Å². The van der Waals surface area contributed by atoms with Crippen molar-refractivity contribution in [1.82, 2.24) is 9.97 Å². The molecule has 0 unspecified atom stereocenters. The number of aryl methyl sites for hydroxylation is 2. The number of benzene rings is 4. The van der Waals surface area contributed by atoms with Gasteiger partial charge in [0.2, 0.25) is 0 Å². The Morgan fingerprint density at radius 1 is 0.674 bits per heavy atom. The first-order valence-electron chi connectivity index (χ1n) is 16.7. The van der Waals surface area contributed by atoms with Crippen LogP contribution in [0.3, 0.4) is 0 Å². The van der Waals surface area contributed by atoms with Gasteiger partial charge in [-0.2, -0.15) is 0 Å². The molecule has 0 saturated heterocycles. The monoisotopic (exact) mass is 781 g/mol. The van der Waals surface area contributed by atoms with Gasteiger partial charge in [0, 0.05) is 32.5 Å². The minimum atomic E-state index is -0.230. The van der Waals surface area contributed by atoms with E-state index in [9.17, 15) is 1.37 Å². The SMILES string of the molecule is [2H]c1c2c(c([2H])c3c(-c4[c-]c(C)cc(C)c4)nccc13)C(C)(C)C(C)(C)C2(C)C.[Ir].[c-]1ccc(-c2ccccc2)cc1-c1ccccn1. The first kappa shape index (κ1) is 30.7. The van der Waals surface area contributed by atoms with Crippen LogP contribution < -0.4 is 0 Å². The predicted octanol–water partition coefficient (Wildman–Crippen LogP) is 11.1. The molecule has 1 aliphatic rings. The Hall–Kier alpha value is -3.91. The molecular formula is C43H42IrN2-2. The summed E-state index contributed by atoms with van der Waals surface area (Å²) < 4.78 is 18.4. The molecule has 0 fully saturated rings. The smallest absolute Gasteiger partial charge is 0.0632 e. The summed E-state index contributed by atoms with van der Waals surface area (Å²) in [5, 5.41) is 1.59. The maximum Gasteiger partial charge on any atom is 0.0632 e. The van der Waals surface area contributed by atoms with E-state index < -0.39 is 0 Å². The second-order valence-corrected chi connectivity index (χ2v) is 13.8. The number of pyridine rings is 2. The second kappa shape index (κ2) is 12.7. The van der Waals surface area contributed by atoms with Crippen molar-refractivity contribution in [2.75, 3.05) is 0 Å². The molecular weight excluding hydrogens is 737 g/mol. The summed E-state index contributed by atoms with van der Waals surface area (Å²) in [5.41, 5.74) is 9.74. The van der Waals surface area contributed by atoms with E-state index in [0.29, 0.717) is 12.1 Å². The van der Waals surface area contributed by atoms with Crippen molar-refractivity contribution in [2.45, 2.75) is 66.2 Å². The molecule has 7 rings (SSSR count).